The van der Waals surface area contributed by atoms with Crippen LogP contribution in [0.5, 0.6) is 17.2 Å². The topological polar surface area (TPSA) is 101 Å². The summed E-state index contributed by atoms with van der Waals surface area (Å²) in [5, 5.41) is 10.5. The molecule has 4 aliphatic rings. The van der Waals surface area contributed by atoms with Gasteiger partial charge in [-0.15, -0.1) is 0 Å². The van der Waals surface area contributed by atoms with Gasteiger partial charge in [-0.3, -0.25) is 24.3 Å². The zero-order valence-corrected chi connectivity index (χ0v) is 22.5. The summed E-state index contributed by atoms with van der Waals surface area (Å²) in [5.74, 6) is 2.89. The molecule has 2 atom stereocenters. The molecule has 0 radical (unpaired) electrons. The van der Waals surface area contributed by atoms with Crippen LogP contribution in [0.15, 0.2) is 56.5 Å². The summed E-state index contributed by atoms with van der Waals surface area (Å²) in [5.41, 5.74) is 1.96. The first-order valence-electron chi connectivity index (χ1n) is 14.1. The van der Waals surface area contributed by atoms with Gasteiger partial charge in [0.05, 0.1) is 13.1 Å². The van der Waals surface area contributed by atoms with Gasteiger partial charge >= 0.3 is 0 Å². The van der Waals surface area contributed by atoms with Crippen molar-refractivity contribution in [3.05, 3.63) is 85.8 Å². The maximum atomic E-state index is 12.7. The van der Waals surface area contributed by atoms with Crippen LogP contribution in [0.1, 0.15) is 35.1 Å². The first kappa shape index (κ1) is 25.4. The van der Waals surface area contributed by atoms with Crippen LogP contribution >= 0.6 is 0 Å². The Labute approximate surface area is 231 Å². The molecule has 4 aliphatic heterocycles. The summed E-state index contributed by atoms with van der Waals surface area (Å²) < 4.78 is 19.0. The molecule has 1 aromatic carbocycles. The van der Waals surface area contributed by atoms with E-state index in [-0.39, 0.29) is 18.1 Å². The fourth-order valence-corrected chi connectivity index (χ4v) is 6.72. The van der Waals surface area contributed by atoms with Crippen LogP contribution < -0.4 is 20.5 Å². The van der Waals surface area contributed by atoms with Gasteiger partial charge in [0.2, 0.25) is 18.0 Å². The van der Waals surface area contributed by atoms with Gasteiger partial charge in [0.15, 0.2) is 17.3 Å². The number of rotatable bonds is 6. The number of piperazine rings is 1. The Morgan fingerprint density at radius 3 is 2.48 bits per heavy atom. The smallest absolute Gasteiger partial charge is 0.250 e. The second-order valence-corrected chi connectivity index (χ2v) is 11.5. The van der Waals surface area contributed by atoms with Crippen LogP contribution in [-0.2, 0) is 26.2 Å². The molecule has 10 heteroatoms. The molecule has 1 N–H and O–H groups in total. The highest BCUT2D eigenvalue weighted by Gasteiger charge is 2.35. The van der Waals surface area contributed by atoms with E-state index in [0.29, 0.717) is 36.4 Å². The van der Waals surface area contributed by atoms with Crippen molar-refractivity contribution in [3.8, 4) is 17.2 Å². The number of aromatic nitrogens is 1. The zero-order valence-electron chi connectivity index (χ0n) is 22.5. The molecule has 7 rings (SSSR count). The molecule has 10 nitrogen and oxygen atoms in total. The van der Waals surface area contributed by atoms with Crippen LogP contribution in [0.25, 0.3) is 0 Å². The summed E-state index contributed by atoms with van der Waals surface area (Å²) in [7, 11) is 0. The molecule has 0 amide bonds. The molecule has 210 valence electrons. The molecule has 0 spiro atoms. The predicted molar refractivity (Wildman–Crippen MR) is 147 cm³/mol. The molecular weight excluding hydrogens is 512 g/mol. The first-order valence-corrected chi connectivity index (χ1v) is 14.1. The predicted octanol–water partition coefficient (Wildman–Crippen LogP) is 2.17. The standard InChI is InChI=1S/C30H34N4O6/c35-25-12-23(17-33-14-21-10-22(16-33)24-2-1-3-29(36)34(24)15-21)40-28(30(25)37)18-32-8-6-31(7-9-32)13-20-4-5-26-27(11-20)39-19-38-26/h1-5,11-12,21-22,37H,6-10,13-19H2. The van der Waals surface area contributed by atoms with E-state index >= 15 is 0 Å². The lowest BCUT2D eigenvalue weighted by Gasteiger charge is -2.42. The highest BCUT2D eigenvalue weighted by molar-refractivity contribution is 5.44. The SMILES string of the molecule is O=c1cc(CN2CC3CC(C2)c2cccc(=O)n2C3)oc(CN2CCN(Cc3ccc4c(c3)OCO4)CC2)c1O. The van der Waals surface area contributed by atoms with Crippen LogP contribution in [0, 0.1) is 5.92 Å². The molecular formula is C30H34N4O6. The summed E-state index contributed by atoms with van der Waals surface area (Å²) in [6.07, 6.45) is 1.07. The van der Waals surface area contributed by atoms with Gasteiger partial charge in [0.25, 0.3) is 5.56 Å². The van der Waals surface area contributed by atoms with E-state index in [1.165, 1.54) is 11.6 Å². The van der Waals surface area contributed by atoms with Crippen molar-refractivity contribution >= 4 is 0 Å². The monoisotopic (exact) mass is 546 g/mol. The Balaban J connectivity index is 0.979. The van der Waals surface area contributed by atoms with Crippen molar-refractivity contribution in [1.29, 1.82) is 0 Å². The van der Waals surface area contributed by atoms with Crippen molar-refractivity contribution in [2.45, 2.75) is 38.5 Å². The lowest BCUT2D eigenvalue weighted by molar-refractivity contribution is 0.100. The molecule has 2 saturated heterocycles. The second kappa shape index (κ2) is 10.4. The number of hydrogen-bond donors (Lipinski definition) is 1. The molecule has 0 saturated carbocycles. The van der Waals surface area contributed by atoms with Crippen LogP contribution in [0.2, 0.25) is 0 Å². The van der Waals surface area contributed by atoms with Gasteiger partial charge in [-0.05, 0) is 36.1 Å². The van der Waals surface area contributed by atoms with E-state index in [9.17, 15) is 14.7 Å². The average Bonchev–Trinajstić information content (AvgIpc) is 3.41. The van der Waals surface area contributed by atoms with Gasteiger partial charge in [-0.1, -0.05) is 12.1 Å². The number of pyridine rings is 1. The van der Waals surface area contributed by atoms with Crippen LogP contribution in [-0.4, -0.2) is 70.4 Å². The van der Waals surface area contributed by atoms with E-state index in [1.807, 2.05) is 22.8 Å². The number of fused-ring (bicyclic) bond motifs is 5. The largest absolute Gasteiger partial charge is 0.502 e. The number of hydrogen-bond acceptors (Lipinski definition) is 9. The van der Waals surface area contributed by atoms with Gasteiger partial charge in [-0.25, -0.2) is 0 Å². The first-order chi connectivity index (χ1) is 19.5. The number of piperidine rings is 1. The Morgan fingerprint density at radius 1 is 0.825 bits per heavy atom. The highest BCUT2D eigenvalue weighted by Crippen LogP contribution is 2.36. The summed E-state index contributed by atoms with van der Waals surface area (Å²) in [6, 6.07) is 13.0. The number of nitrogens with zero attached hydrogens (tertiary/aromatic N) is 4. The number of aromatic hydroxyl groups is 1. The molecule has 6 heterocycles. The third-order valence-electron chi connectivity index (χ3n) is 8.65. The fourth-order valence-electron chi connectivity index (χ4n) is 6.72. The minimum Gasteiger partial charge on any atom is -0.502 e. The van der Waals surface area contributed by atoms with Gasteiger partial charge < -0.3 is 23.6 Å². The van der Waals surface area contributed by atoms with Crippen molar-refractivity contribution in [2.75, 3.05) is 46.1 Å². The fraction of sp³-hybridized carbons (Fsp3) is 0.467. The van der Waals surface area contributed by atoms with Crippen molar-refractivity contribution < 1.29 is 19.0 Å². The van der Waals surface area contributed by atoms with Crippen molar-refractivity contribution in [2.24, 2.45) is 5.92 Å². The molecule has 2 aromatic heterocycles. The lowest BCUT2D eigenvalue weighted by atomic mass is 9.83. The molecule has 0 aliphatic carbocycles. The average molecular weight is 547 g/mol. The maximum Gasteiger partial charge on any atom is 0.250 e. The number of benzene rings is 1. The second-order valence-electron chi connectivity index (χ2n) is 11.5. The van der Waals surface area contributed by atoms with E-state index in [4.69, 9.17) is 13.9 Å². The summed E-state index contributed by atoms with van der Waals surface area (Å²) in [6.45, 7) is 7.78. The number of ether oxygens (including phenoxy) is 2. The Morgan fingerprint density at radius 2 is 1.62 bits per heavy atom. The Bertz CT molecular complexity index is 1530. The molecule has 3 aromatic rings. The minimum absolute atomic E-state index is 0.0728. The minimum atomic E-state index is -0.396. The van der Waals surface area contributed by atoms with E-state index in [2.05, 4.69) is 26.8 Å². The van der Waals surface area contributed by atoms with E-state index < -0.39 is 5.43 Å². The maximum absolute atomic E-state index is 12.7. The quantitative estimate of drug-likeness (QED) is 0.499. The molecule has 2 unspecified atom stereocenters. The number of likely N-dealkylation sites (tertiary alicyclic amines) is 1. The lowest BCUT2D eigenvalue weighted by Crippen LogP contribution is -2.46. The van der Waals surface area contributed by atoms with Crippen LogP contribution in [0.4, 0.5) is 0 Å². The third-order valence-corrected chi connectivity index (χ3v) is 8.65. The molecule has 40 heavy (non-hydrogen) atoms. The van der Waals surface area contributed by atoms with E-state index in [0.717, 1.165) is 76.0 Å². The Kier molecular flexibility index (Phi) is 6.61. The summed E-state index contributed by atoms with van der Waals surface area (Å²) in [4.78, 5) is 31.9. The van der Waals surface area contributed by atoms with Crippen LogP contribution in [0.3, 0.4) is 0 Å². The third kappa shape index (κ3) is 5.02. The van der Waals surface area contributed by atoms with Gasteiger partial charge in [0, 0.05) is 76.1 Å². The van der Waals surface area contributed by atoms with Crippen molar-refractivity contribution in [1.82, 2.24) is 19.3 Å². The van der Waals surface area contributed by atoms with Crippen molar-refractivity contribution in [3.63, 3.8) is 0 Å². The molecule has 2 bridgehead atoms. The van der Waals surface area contributed by atoms with E-state index in [1.54, 1.807) is 6.07 Å². The Hall–Kier alpha value is -3.60. The zero-order chi connectivity index (χ0) is 27.2. The van der Waals surface area contributed by atoms with Gasteiger partial charge in [-0.2, -0.15) is 0 Å². The van der Waals surface area contributed by atoms with Gasteiger partial charge in [0.1, 0.15) is 5.76 Å². The summed E-state index contributed by atoms with van der Waals surface area (Å²) >= 11 is 0. The molecule has 2 fully saturated rings. The highest BCUT2D eigenvalue weighted by atomic mass is 16.7. The normalized spacial score (nSPS) is 22.8.